The van der Waals surface area contributed by atoms with Crippen LogP contribution in [0.3, 0.4) is 0 Å². The van der Waals surface area contributed by atoms with Crippen molar-refractivity contribution in [2.24, 2.45) is 0 Å². The number of nitrogens with zero attached hydrogens (tertiary/aromatic N) is 3. The van der Waals surface area contributed by atoms with Crippen LogP contribution in [0.25, 0.3) is 10.9 Å². The molecule has 1 fully saturated rings. The summed E-state index contributed by atoms with van der Waals surface area (Å²) < 4.78 is 19.7. The van der Waals surface area contributed by atoms with Crippen LogP contribution >= 0.6 is 0 Å². The molecule has 1 amide bonds. The van der Waals surface area contributed by atoms with Crippen molar-refractivity contribution in [1.82, 2.24) is 19.9 Å². The normalized spacial score (nSPS) is 16.2. The number of carbonyl (C=O) groups excluding carboxylic acids is 1. The van der Waals surface area contributed by atoms with Gasteiger partial charge < -0.3 is 19.9 Å². The average molecular weight is 445 g/mol. The number of ether oxygens (including phenoxy) is 1. The first-order valence-electron chi connectivity index (χ1n) is 10.8. The SMILES string of the molecule is Cc1cc(Nc2ccccn2)cc(C2CN(C(=O)c3[nH]c4ccc(F)cc4c3C)CCO2)n1. The Bertz CT molecular complexity index is 1320. The summed E-state index contributed by atoms with van der Waals surface area (Å²) in [5.74, 6) is 0.286. The van der Waals surface area contributed by atoms with Gasteiger partial charge in [-0.25, -0.2) is 9.37 Å². The lowest BCUT2D eigenvalue weighted by molar-refractivity contribution is -0.0249. The van der Waals surface area contributed by atoms with E-state index in [1.807, 2.05) is 44.2 Å². The van der Waals surface area contributed by atoms with E-state index in [0.717, 1.165) is 34.0 Å². The van der Waals surface area contributed by atoms with Gasteiger partial charge in [0.1, 0.15) is 23.4 Å². The third-order valence-corrected chi connectivity index (χ3v) is 5.83. The van der Waals surface area contributed by atoms with E-state index in [9.17, 15) is 9.18 Å². The van der Waals surface area contributed by atoms with Gasteiger partial charge in [0.25, 0.3) is 5.91 Å². The molecule has 5 rings (SSSR count). The Morgan fingerprint density at radius 2 is 2.09 bits per heavy atom. The first-order chi connectivity index (χ1) is 16.0. The van der Waals surface area contributed by atoms with Gasteiger partial charge in [0.2, 0.25) is 0 Å². The second-order valence-corrected chi connectivity index (χ2v) is 8.19. The Kier molecular flexibility index (Phi) is 5.51. The Hall–Kier alpha value is -3.78. The molecule has 4 aromatic rings. The number of benzene rings is 1. The maximum absolute atomic E-state index is 13.7. The number of aromatic amines is 1. The Morgan fingerprint density at radius 3 is 2.91 bits per heavy atom. The Labute approximate surface area is 190 Å². The van der Waals surface area contributed by atoms with E-state index in [4.69, 9.17) is 4.74 Å². The summed E-state index contributed by atoms with van der Waals surface area (Å²) in [7, 11) is 0. The highest BCUT2D eigenvalue weighted by Gasteiger charge is 2.29. The first kappa shape index (κ1) is 21.1. The van der Waals surface area contributed by atoms with Crippen molar-refractivity contribution < 1.29 is 13.9 Å². The zero-order valence-corrected chi connectivity index (χ0v) is 18.4. The minimum absolute atomic E-state index is 0.128. The molecule has 3 aromatic heterocycles. The van der Waals surface area contributed by atoms with Crippen molar-refractivity contribution in [3.05, 3.63) is 83.2 Å². The number of hydrogen-bond acceptors (Lipinski definition) is 5. The number of morpholine rings is 1. The molecule has 0 spiro atoms. The van der Waals surface area contributed by atoms with E-state index in [2.05, 4.69) is 20.3 Å². The lowest BCUT2D eigenvalue weighted by atomic mass is 10.1. The van der Waals surface area contributed by atoms with Gasteiger partial charge in [-0.15, -0.1) is 0 Å². The second-order valence-electron chi connectivity index (χ2n) is 8.19. The zero-order valence-electron chi connectivity index (χ0n) is 18.4. The molecule has 1 unspecified atom stereocenters. The molecule has 33 heavy (non-hydrogen) atoms. The van der Waals surface area contributed by atoms with Gasteiger partial charge in [-0.05, 0) is 61.9 Å². The predicted molar refractivity (Wildman–Crippen MR) is 124 cm³/mol. The van der Waals surface area contributed by atoms with Gasteiger partial charge in [0, 0.05) is 35.0 Å². The molecule has 0 aliphatic carbocycles. The Morgan fingerprint density at radius 1 is 1.21 bits per heavy atom. The summed E-state index contributed by atoms with van der Waals surface area (Å²) in [6, 6.07) is 14.0. The highest BCUT2D eigenvalue weighted by molar-refractivity contribution is 6.01. The fourth-order valence-corrected chi connectivity index (χ4v) is 4.20. The maximum atomic E-state index is 13.7. The molecule has 0 saturated carbocycles. The van der Waals surface area contributed by atoms with E-state index < -0.39 is 0 Å². The van der Waals surface area contributed by atoms with Crippen LogP contribution in [0.5, 0.6) is 0 Å². The fraction of sp³-hybridized carbons (Fsp3) is 0.240. The van der Waals surface area contributed by atoms with Crippen molar-refractivity contribution in [2.45, 2.75) is 20.0 Å². The fourth-order valence-electron chi connectivity index (χ4n) is 4.20. The summed E-state index contributed by atoms with van der Waals surface area (Å²) in [6.07, 6.45) is 1.37. The molecular weight excluding hydrogens is 421 g/mol. The number of amides is 1. The molecule has 4 heterocycles. The zero-order chi connectivity index (χ0) is 22.9. The van der Waals surface area contributed by atoms with Crippen LogP contribution in [0.15, 0.2) is 54.7 Å². The first-order valence-corrected chi connectivity index (χ1v) is 10.8. The van der Waals surface area contributed by atoms with Gasteiger partial charge in [0.15, 0.2) is 0 Å². The van der Waals surface area contributed by atoms with E-state index in [0.29, 0.717) is 30.8 Å². The summed E-state index contributed by atoms with van der Waals surface area (Å²) in [5, 5.41) is 4.00. The molecule has 1 aromatic carbocycles. The van der Waals surface area contributed by atoms with Crippen molar-refractivity contribution in [2.75, 3.05) is 25.0 Å². The second kappa shape index (κ2) is 8.63. The number of rotatable bonds is 4. The summed E-state index contributed by atoms with van der Waals surface area (Å²) in [6.45, 7) is 5.01. The lowest BCUT2D eigenvalue weighted by Gasteiger charge is -2.33. The number of hydrogen-bond donors (Lipinski definition) is 2. The molecule has 1 aliphatic rings. The molecule has 1 atom stereocenters. The molecule has 8 heteroatoms. The Balaban J connectivity index is 1.38. The standard InChI is InChI=1S/C25H24FN5O2/c1-15-11-18(29-23-5-3-4-8-27-23)13-21(28-15)22-14-31(9-10-33-22)25(32)24-16(2)19-12-17(26)6-7-20(19)30-24/h3-8,11-13,22,30H,9-10,14H2,1-2H3,(H,27,28,29). The highest BCUT2D eigenvalue weighted by atomic mass is 19.1. The largest absolute Gasteiger partial charge is 0.368 e. The molecule has 1 saturated heterocycles. The topological polar surface area (TPSA) is 83.1 Å². The quantitative estimate of drug-likeness (QED) is 0.477. The number of H-pyrrole nitrogens is 1. The van der Waals surface area contributed by atoms with E-state index in [-0.39, 0.29) is 17.8 Å². The average Bonchev–Trinajstić information content (AvgIpc) is 3.14. The van der Waals surface area contributed by atoms with Crippen molar-refractivity contribution in [3.63, 3.8) is 0 Å². The van der Waals surface area contributed by atoms with Crippen molar-refractivity contribution in [3.8, 4) is 0 Å². The van der Waals surface area contributed by atoms with E-state index in [1.165, 1.54) is 12.1 Å². The molecule has 1 aliphatic heterocycles. The number of nitrogens with one attached hydrogen (secondary N) is 2. The van der Waals surface area contributed by atoms with Crippen LogP contribution in [0.2, 0.25) is 0 Å². The summed E-state index contributed by atoms with van der Waals surface area (Å²) in [4.78, 5) is 27.2. The van der Waals surface area contributed by atoms with E-state index in [1.54, 1.807) is 17.2 Å². The van der Waals surface area contributed by atoms with Crippen molar-refractivity contribution >= 4 is 28.3 Å². The van der Waals surface area contributed by atoms with Crippen LogP contribution in [-0.4, -0.2) is 45.5 Å². The minimum Gasteiger partial charge on any atom is -0.368 e. The van der Waals surface area contributed by atoms with Gasteiger partial charge in [0.05, 0.1) is 18.8 Å². The summed E-state index contributed by atoms with van der Waals surface area (Å²) >= 11 is 0. The molecule has 168 valence electrons. The number of halogens is 1. The van der Waals surface area contributed by atoms with E-state index >= 15 is 0 Å². The third kappa shape index (κ3) is 4.29. The summed E-state index contributed by atoms with van der Waals surface area (Å²) in [5.41, 5.74) is 4.41. The molecular formula is C25H24FN5O2. The van der Waals surface area contributed by atoms with Crippen LogP contribution in [0, 0.1) is 19.7 Å². The molecule has 7 nitrogen and oxygen atoms in total. The van der Waals surface area contributed by atoms with Crippen LogP contribution in [0.1, 0.15) is 33.5 Å². The minimum atomic E-state index is -0.353. The number of fused-ring (bicyclic) bond motifs is 1. The van der Waals surface area contributed by atoms with Crippen LogP contribution in [0.4, 0.5) is 15.9 Å². The highest BCUT2D eigenvalue weighted by Crippen LogP contribution is 2.28. The number of pyridine rings is 2. The number of aryl methyl sites for hydroxylation is 2. The monoisotopic (exact) mass is 445 g/mol. The predicted octanol–water partition coefficient (Wildman–Crippen LogP) is 4.67. The maximum Gasteiger partial charge on any atom is 0.270 e. The van der Waals surface area contributed by atoms with Crippen LogP contribution in [-0.2, 0) is 4.74 Å². The van der Waals surface area contributed by atoms with Crippen molar-refractivity contribution in [1.29, 1.82) is 0 Å². The molecule has 2 N–H and O–H groups in total. The molecule has 0 radical (unpaired) electrons. The van der Waals surface area contributed by atoms with Gasteiger partial charge in [-0.3, -0.25) is 9.78 Å². The van der Waals surface area contributed by atoms with Gasteiger partial charge in [-0.1, -0.05) is 6.07 Å². The molecule has 0 bridgehead atoms. The van der Waals surface area contributed by atoms with Gasteiger partial charge >= 0.3 is 0 Å². The number of carbonyl (C=O) groups is 1. The number of anilines is 2. The smallest absolute Gasteiger partial charge is 0.270 e. The number of aromatic nitrogens is 3. The van der Waals surface area contributed by atoms with Crippen LogP contribution < -0.4 is 5.32 Å². The lowest BCUT2D eigenvalue weighted by Crippen LogP contribution is -2.42. The van der Waals surface area contributed by atoms with Gasteiger partial charge in [-0.2, -0.15) is 0 Å². The third-order valence-electron chi connectivity index (χ3n) is 5.83.